The molecule has 0 bridgehead atoms. The Kier molecular flexibility index (Phi) is 5.90. The number of carbonyl (C=O) groups excluding carboxylic acids is 4. The minimum atomic E-state index is -0.714. The second-order valence-corrected chi connectivity index (χ2v) is 5.57. The summed E-state index contributed by atoms with van der Waals surface area (Å²) in [4.78, 5) is 46.9. The van der Waals surface area contributed by atoms with E-state index < -0.39 is 18.5 Å². The lowest BCUT2D eigenvalue weighted by Crippen LogP contribution is -2.22. The number of hydrogen-bond acceptors (Lipinski definition) is 5. The van der Waals surface area contributed by atoms with E-state index in [1.165, 1.54) is 36.9 Å². The fourth-order valence-electron chi connectivity index (χ4n) is 2.24. The molecule has 8 heteroatoms. The van der Waals surface area contributed by atoms with E-state index in [-0.39, 0.29) is 17.4 Å². The van der Waals surface area contributed by atoms with E-state index in [4.69, 9.17) is 4.74 Å². The molecule has 26 heavy (non-hydrogen) atoms. The van der Waals surface area contributed by atoms with Crippen molar-refractivity contribution in [1.82, 2.24) is 9.88 Å². The first-order valence-electron chi connectivity index (χ1n) is 7.78. The van der Waals surface area contributed by atoms with Crippen molar-refractivity contribution < 1.29 is 23.9 Å². The van der Waals surface area contributed by atoms with Crippen molar-refractivity contribution in [3.05, 3.63) is 53.3 Å². The number of esters is 1. The van der Waals surface area contributed by atoms with E-state index in [2.05, 4.69) is 10.6 Å². The van der Waals surface area contributed by atoms with Gasteiger partial charge in [-0.1, -0.05) is 6.07 Å². The first-order valence-corrected chi connectivity index (χ1v) is 7.78. The number of carbonyl (C=O) groups is 4. The van der Waals surface area contributed by atoms with Crippen LogP contribution < -0.4 is 10.6 Å². The van der Waals surface area contributed by atoms with Crippen LogP contribution in [0.15, 0.2) is 36.5 Å². The fourth-order valence-corrected chi connectivity index (χ4v) is 2.24. The van der Waals surface area contributed by atoms with Gasteiger partial charge in [-0.2, -0.15) is 0 Å². The zero-order valence-electron chi connectivity index (χ0n) is 14.7. The van der Waals surface area contributed by atoms with Gasteiger partial charge in [-0.3, -0.25) is 14.4 Å². The van der Waals surface area contributed by atoms with Crippen molar-refractivity contribution in [2.24, 2.45) is 7.05 Å². The highest BCUT2D eigenvalue weighted by Gasteiger charge is 2.16. The van der Waals surface area contributed by atoms with Gasteiger partial charge in [0.2, 0.25) is 0 Å². The average Bonchev–Trinajstić information content (AvgIpc) is 3.01. The maximum Gasteiger partial charge on any atom is 0.355 e. The summed E-state index contributed by atoms with van der Waals surface area (Å²) < 4.78 is 6.43. The van der Waals surface area contributed by atoms with Gasteiger partial charge >= 0.3 is 5.97 Å². The van der Waals surface area contributed by atoms with Crippen molar-refractivity contribution in [3.63, 3.8) is 0 Å². The number of benzene rings is 1. The Hall–Kier alpha value is -3.42. The molecule has 0 saturated carbocycles. The molecule has 8 nitrogen and oxygen atoms in total. The normalized spacial score (nSPS) is 10.1. The number of aromatic nitrogens is 1. The van der Waals surface area contributed by atoms with Gasteiger partial charge < -0.3 is 19.9 Å². The summed E-state index contributed by atoms with van der Waals surface area (Å²) in [7, 11) is 3.11. The first kappa shape index (κ1) is 18.9. The summed E-state index contributed by atoms with van der Waals surface area (Å²) >= 11 is 0. The number of anilines is 1. The lowest BCUT2D eigenvalue weighted by atomic mass is 10.2. The van der Waals surface area contributed by atoms with Crippen LogP contribution in [0.1, 0.15) is 38.1 Å². The van der Waals surface area contributed by atoms with Crippen LogP contribution in [-0.2, 0) is 16.6 Å². The molecule has 136 valence electrons. The Morgan fingerprint density at radius 3 is 2.46 bits per heavy atom. The molecule has 0 spiro atoms. The number of ketones is 1. The molecule has 0 saturated heterocycles. The molecule has 1 heterocycles. The summed E-state index contributed by atoms with van der Waals surface area (Å²) in [5.74, 6) is -1.71. The van der Waals surface area contributed by atoms with E-state index in [1.807, 2.05) is 0 Å². The number of hydrogen-bond donors (Lipinski definition) is 2. The van der Waals surface area contributed by atoms with Crippen molar-refractivity contribution in [2.45, 2.75) is 6.92 Å². The van der Waals surface area contributed by atoms with E-state index in [9.17, 15) is 19.2 Å². The van der Waals surface area contributed by atoms with Gasteiger partial charge in [0.05, 0.1) is 0 Å². The minimum Gasteiger partial charge on any atom is -0.451 e. The number of Topliss-reactive ketones (excluding diaryl/α,β-unsaturated/α-hetero) is 1. The molecule has 0 fully saturated rings. The van der Waals surface area contributed by atoms with Crippen LogP contribution >= 0.6 is 0 Å². The van der Waals surface area contributed by atoms with Gasteiger partial charge in [0.15, 0.2) is 12.4 Å². The molecule has 0 aliphatic carbocycles. The number of ether oxygens (including phenoxy) is 1. The maximum absolute atomic E-state index is 12.1. The third-order valence-corrected chi connectivity index (χ3v) is 3.59. The Morgan fingerprint density at radius 1 is 1.12 bits per heavy atom. The fraction of sp³-hybridized carbons (Fsp3) is 0.222. The van der Waals surface area contributed by atoms with E-state index in [0.29, 0.717) is 16.8 Å². The van der Waals surface area contributed by atoms with Gasteiger partial charge in [0.25, 0.3) is 11.8 Å². The number of nitrogens with one attached hydrogen (secondary N) is 2. The van der Waals surface area contributed by atoms with E-state index in [0.717, 1.165) is 0 Å². The van der Waals surface area contributed by atoms with E-state index >= 15 is 0 Å². The molecular formula is C18H19N3O5. The lowest BCUT2D eigenvalue weighted by Gasteiger charge is -2.08. The Morgan fingerprint density at radius 2 is 1.85 bits per heavy atom. The monoisotopic (exact) mass is 357 g/mol. The summed E-state index contributed by atoms with van der Waals surface area (Å²) in [5.41, 5.74) is 1.35. The van der Waals surface area contributed by atoms with Crippen molar-refractivity contribution in [1.29, 1.82) is 0 Å². The van der Waals surface area contributed by atoms with Gasteiger partial charge in [-0.15, -0.1) is 0 Å². The number of rotatable bonds is 6. The maximum atomic E-state index is 12.1. The molecule has 0 atom stereocenters. The molecule has 1 aromatic heterocycles. The predicted octanol–water partition coefficient (Wildman–Crippen LogP) is 1.38. The standard InChI is InChI=1S/C18H19N3O5/c1-11(22)13-8-15(21(3)9-13)18(25)26-10-16(23)20-14-6-4-5-12(7-14)17(24)19-2/h4-9H,10H2,1-3H3,(H,19,24)(H,20,23). The zero-order chi connectivity index (χ0) is 19.3. The van der Waals surface area contributed by atoms with Crippen LogP contribution in [-0.4, -0.2) is 41.8 Å². The highest BCUT2D eigenvalue weighted by molar-refractivity contribution is 5.99. The number of nitrogens with zero attached hydrogens (tertiary/aromatic N) is 1. The molecule has 0 aliphatic rings. The molecule has 0 aliphatic heterocycles. The molecule has 0 unspecified atom stereocenters. The predicted molar refractivity (Wildman–Crippen MR) is 94.2 cm³/mol. The first-order chi connectivity index (χ1) is 12.3. The van der Waals surface area contributed by atoms with E-state index in [1.54, 1.807) is 25.2 Å². The third kappa shape index (κ3) is 4.56. The molecule has 2 aromatic rings. The Labute approximate surface area is 150 Å². The smallest absolute Gasteiger partial charge is 0.355 e. The summed E-state index contributed by atoms with van der Waals surface area (Å²) in [6.45, 7) is 0.897. The van der Waals surface area contributed by atoms with Gasteiger partial charge in [-0.25, -0.2) is 4.79 Å². The van der Waals surface area contributed by atoms with Crippen molar-refractivity contribution in [3.8, 4) is 0 Å². The molecule has 0 radical (unpaired) electrons. The number of aryl methyl sites for hydroxylation is 1. The molecule has 2 amide bonds. The van der Waals surface area contributed by atoms with Crippen LogP contribution in [0.5, 0.6) is 0 Å². The quantitative estimate of drug-likeness (QED) is 0.600. The van der Waals surface area contributed by atoms with Crippen LogP contribution in [0.4, 0.5) is 5.69 Å². The highest BCUT2D eigenvalue weighted by Crippen LogP contribution is 2.12. The topological polar surface area (TPSA) is 106 Å². The second kappa shape index (κ2) is 8.11. The molecule has 1 aromatic carbocycles. The van der Waals surface area contributed by atoms with Crippen LogP contribution in [0, 0.1) is 0 Å². The van der Waals surface area contributed by atoms with Crippen LogP contribution in [0.2, 0.25) is 0 Å². The second-order valence-electron chi connectivity index (χ2n) is 5.57. The number of amides is 2. The Bertz CT molecular complexity index is 869. The average molecular weight is 357 g/mol. The molecule has 2 rings (SSSR count). The van der Waals surface area contributed by atoms with Gasteiger partial charge in [-0.05, 0) is 31.2 Å². The zero-order valence-corrected chi connectivity index (χ0v) is 14.7. The Balaban J connectivity index is 1.95. The minimum absolute atomic E-state index is 0.171. The van der Waals surface area contributed by atoms with Gasteiger partial charge in [0.1, 0.15) is 5.69 Å². The van der Waals surface area contributed by atoms with Crippen LogP contribution in [0.25, 0.3) is 0 Å². The van der Waals surface area contributed by atoms with Crippen molar-refractivity contribution in [2.75, 3.05) is 19.0 Å². The highest BCUT2D eigenvalue weighted by atomic mass is 16.5. The summed E-state index contributed by atoms with van der Waals surface area (Å²) in [5, 5.41) is 5.04. The van der Waals surface area contributed by atoms with Crippen molar-refractivity contribution >= 4 is 29.3 Å². The summed E-state index contributed by atoms with van der Waals surface area (Å²) in [6.07, 6.45) is 1.52. The lowest BCUT2D eigenvalue weighted by molar-refractivity contribution is -0.119. The third-order valence-electron chi connectivity index (χ3n) is 3.59. The van der Waals surface area contributed by atoms with Gasteiger partial charge in [0, 0.05) is 37.1 Å². The molecule has 2 N–H and O–H groups in total. The van der Waals surface area contributed by atoms with Crippen LogP contribution in [0.3, 0.4) is 0 Å². The largest absolute Gasteiger partial charge is 0.451 e. The SMILES string of the molecule is CNC(=O)c1cccc(NC(=O)COC(=O)c2cc(C(C)=O)cn2C)c1. The molecular weight excluding hydrogens is 338 g/mol. The summed E-state index contributed by atoms with van der Waals surface area (Å²) in [6, 6.07) is 7.77.